The first-order chi connectivity index (χ1) is 12.7. The standard InChI is InChI=1S/C19H23N3O4/c1-24-15-6-3-12(9-16(15)25-2)7-8-22-11-14(10-17(22)23)19-20-18(21-26-19)13-4-5-13/h3,6,9,13-14H,4-5,7-8,10-11H2,1-2H3. The van der Waals surface area contributed by atoms with Crippen molar-refractivity contribution in [2.45, 2.75) is 37.5 Å². The van der Waals surface area contributed by atoms with Crippen molar-refractivity contribution >= 4 is 5.91 Å². The Balaban J connectivity index is 1.37. The van der Waals surface area contributed by atoms with Gasteiger partial charge in [0.15, 0.2) is 17.3 Å². The largest absolute Gasteiger partial charge is 0.493 e. The van der Waals surface area contributed by atoms with E-state index >= 15 is 0 Å². The lowest BCUT2D eigenvalue weighted by Gasteiger charge is -2.16. The minimum atomic E-state index is 0.00732. The summed E-state index contributed by atoms with van der Waals surface area (Å²) >= 11 is 0. The summed E-state index contributed by atoms with van der Waals surface area (Å²) in [6.45, 7) is 1.30. The molecule has 26 heavy (non-hydrogen) atoms. The number of hydrogen-bond acceptors (Lipinski definition) is 6. The minimum Gasteiger partial charge on any atom is -0.493 e. The Bertz CT molecular complexity index is 800. The summed E-state index contributed by atoms with van der Waals surface area (Å²) in [5.41, 5.74) is 1.10. The number of methoxy groups -OCH3 is 2. The zero-order chi connectivity index (χ0) is 18.1. The molecule has 1 atom stereocenters. The molecule has 1 aliphatic carbocycles. The van der Waals surface area contributed by atoms with Crippen molar-refractivity contribution in [3.8, 4) is 11.5 Å². The molecule has 0 radical (unpaired) electrons. The molecule has 1 saturated heterocycles. The lowest BCUT2D eigenvalue weighted by molar-refractivity contribution is -0.127. The molecule has 2 fully saturated rings. The average Bonchev–Trinajstić information content (AvgIpc) is 3.27. The molecule has 4 rings (SSSR count). The molecule has 0 bridgehead atoms. The van der Waals surface area contributed by atoms with E-state index in [1.165, 1.54) is 0 Å². The van der Waals surface area contributed by atoms with Gasteiger partial charge in [-0.2, -0.15) is 4.98 Å². The molecular weight excluding hydrogens is 334 g/mol. The van der Waals surface area contributed by atoms with E-state index in [-0.39, 0.29) is 11.8 Å². The fraction of sp³-hybridized carbons (Fsp3) is 0.526. The van der Waals surface area contributed by atoms with Crippen molar-refractivity contribution in [1.29, 1.82) is 0 Å². The number of nitrogens with zero attached hydrogens (tertiary/aromatic N) is 3. The third kappa shape index (κ3) is 3.38. The molecule has 7 nitrogen and oxygen atoms in total. The molecule has 2 heterocycles. The normalized spacial score (nSPS) is 19.8. The van der Waals surface area contributed by atoms with Crippen LogP contribution in [0, 0.1) is 0 Å². The molecule has 7 heteroatoms. The monoisotopic (exact) mass is 357 g/mol. The molecular formula is C19H23N3O4. The second kappa shape index (κ2) is 6.97. The molecule has 138 valence electrons. The Morgan fingerprint density at radius 2 is 2.00 bits per heavy atom. The predicted molar refractivity (Wildman–Crippen MR) is 93.5 cm³/mol. The van der Waals surface area contributed by atoms with Gasteiger partial charge in [-0.05, 0) is 37.0 Å². The van der Waals surface area contributed by atoms with Crippen LogP contribution < -0.4 is 9.47 Å². The summed E-state index contributed by atoms with van der Waals surface area (Å²) in [5, 5.41) is 4.06. The van der Waals surface area contributed by atoms with Crippen LogP contribution in [0.15, 0.2) is 22.7 Å². The van der Waals surface area contributed by atoms with Gasteiger partial charge in [0.05, 0.1) is 20.1 Å². The van der Waals surface area contributed by atoms with Gasteiger partial charge in [-0.25, -0.2) is 0 Å². The highest BCUT2D eigenvalue weighted by Crippen LogP contribution is 2.39. The van der Waals surface area contributed by atoms with E-state index in [0.29, 0.717) is 42.8 Å². The van der Waals surface area contributed by atoms with Crippen molar-refractivity contribution < 1.29 is 18.8 Å². The molecule has 0 spiro atoms. The van der Waals surface area contributed by atoms with Gasteiger partial charge in [0.25, 0.3) is 0 Å². The van der Waals surface area contributed by atoms with Crippen molar-refractivity contribution in [1.82, 2.24) is 15.0 Å². The highest BCUT2D eigenvalue weighted by Gasteiger charge is 2.36. The summed E-state index contributed by atoms with van der Waals surface area (Å²) in [4.78, 5) is 18.7. The molecule has 1 amide bonds. The summed E-state index contributed by atoms with van der Waals surface area (Å²) in [6.07, 6.45) is 3.48. The van der Waals surface area contributed by atoms with Crippen molar-refractivity contribution in [3.63, 3.8) is 0 Å². The zero-order valence-electron chi connectivity index (χ0n) is 15.1. The third-order valence-electron chi connectivity index (χ3n) is 5.08. The average molecular weight is 357 g/mol. The van der Waals surface area contributed by atoms with Gasteiger partial charge in [0, 0.05) is 25.4 Å². The first-order valence-corrected chi connectivity index (χ1v) is 9.00. The second-order valence-corrected chi connectivity index (χ2v) is 6.95. The van der Waals surface area contributed by atoms with E-state index in [2.05, 4.69) is 10.1 Å². The zero-order valence-corrected chi connectivity index (χ0v) is 15.1. The lowest BCUT2D eigenvalue weighted by Crippen LogP contribution is -2.27. The van der Waals surface area contributed by atoms with Gasteiger partial charge in [-0.1, -0.05) is 11.2 Å². The minimum absolute atomic E-state index is 0.00732. The molecule has 1 aromatic carbocycles. The molecule has 1 unspecified atom stereocenters. The maximum Gasteiger partial charge on any atom is 0.232 e. The van der Waals surface area contributed by atoms with Crippen LogP contribution in [0.25, 0.3) is 0 Å². The fourth-order valence-electron chi connectivity index (χ4n) is 3.37. The molecule has 2 aromatic rings. The second-order valence-electron chi connectivity index (χ2n) is 6.95. The Hall–Kier alpha value is -2.57. The van der Waals surface area contributed by atoms with Gasteiger partial charge in [-0.3, -0.25) is 4.79 Å². The highest BCUT2D eigenvalue weighted by molar-refractivity contribution is 5.79. The van der Waals surface area contributed by atoms with E-state index in [4.69, 9.17) is 14.0 Å². The quantitative estimate of drug-likeness (QED) is 0.758. The number of rotatable bonds is 7. The summed E-state index contributed by atoms with van der Waals surface area (Å²) in [6, 6.07) is 5.84. The van der Waals surface area contributed by atoms with Crippen molar-refractivity contribution in [3.05, 3.63) is 35.5 Å². The van der Waals surface area contributed by atoms with Crippen molar-refractivity contribution in [2.24, 2.45) is 0 Å². The number of carbonyl (C=O) groups is 1. The fourth-order valence-corrected chi connectivity index (χ4v) is 3.37. The maximum absolute atomic E-state index is 12.3. The van der Waals surface area contributed by atoms with E-state index in [1.54, 1.807) is 14.2 Å². The molecule has 1 aliphatic heterocycles. The van der Waals surface area contributed by atoms with Crippen LogP contribution in [-0.2, 0) is 11.2 Å². The predicted octanol–water partition coefficient (Wildman–Crippen LogP) is 2.52. The van der Waals surface area contributed by atoms with Crippen LogP contribution in [-0.4, -0.2) is 48.3 Å². The molecule has 1 aromatic heterocycles. The number of aromatic nitrogens is 2. The first-order valence-electron chi connectivity index (χ1n) is 9.00. The van der Waals surface area contributed by atoms with Crippen LogP contribution in [0.2, 0.25) is 0 Å². The van der Waals surface area contributed by atoms with Crippen LogP contribution in [0.4, 0.5) is 0 Å². The summed E-state index contributed by atoms with van der Waals surface area (Å²) in [7, 11) is 3.24. The number of hydrogen-bond donors (Lipinski definition) is 0. The summed E-state index contributed by atoms with van der Waals surface area (Å²) < 4.78 is 16.0. The Morgan fingerprint density at radius 1 is 1.19 bits per heavy atom. The highest BCUT2D eigenvalue weighted by atomic mass is 16.5. The van der Waals surface area contributed by atoms with Crippen LogP contribution >= 0.6 is 0 Å². The van der Waals surface area contributed by atoms with Gasteiger partial charge in [-0.15, -0.1) is 0 Å². The number of ether oxygens (including phenoxy) is 2. The van der Waals surface area contributed by atoms with Gasteiger partial charge < -0.3 is 18.9 Å². The van der Waals surface area contributed by atoms with E-state index in [0.717, 1.165) is 30.7 Å². The third-order valence-corrected chi connectivity index (χ3v) is 5.08. The van der Waals surface area contributed by atoms with Gasteiger partial charge in [0.1, 0.15) is 0 Å². The first kappa shape index (κ1) is 16.9. The summed E-state index contributed by atoms with van der Waals surface area (Å²) in [5.74, 6) is 3.43. The maximum atomic E-state index is 12.3. The van der Waals surface area contributed by atoms with Gasteiger partial charge in [0.2, 0.25) is 11.8 Å². The number of likely N-dealkylation sites (tertiary alicyclic amines) is 1. The van der Waals surface area contributed by atoms with Crippen LogP contribution in [0.3, 0.4) is 0 Å². The number of benzene rings is 1. The smallest absolute Gasteiger partial charge is 0.232 e. The van der Waals surface area contributed by atoms with E-state index < -0.39 is 0 Å². The molecule has 2 aliphatic rings. The molecule has 0 N–H and O–H groups in total. The van der Waals surface area contributed by atoms with Crippen molar-refractivity contribution in [2.75, 3.05) is 27.3 Å². The number of carbonyl (C=O) groups excluding carboxylic acids is 1. The van der Waals surface area contributed by atoms with E-state index in [9.17, 15) is 4.79 Å². The SMILES string of the molecule is COc1ccc(CCN2CC(c3nc(C4CC4)no3)CC2=O)cc1OC. The number of amides is 1. The Morgan fingerprint density at radius 3 is 2.73 bits per heavy atom. The van der Waals surface area contributed by atoms with Gasteiger partial charge >= 0.3 is 0 Å². The van der Waals surface area contributed by atoms with Crippen LogP contribution in [0.5, 0.6) is 11.5 Å². The topological polar surface area (TPSA) is 77.7 Å². The van der Waals surface area contributed by atoms with Crippen LogP contribution in [0.1, 0.15) is 48.4 Å². The lowest BCUT2D eigenvalue weighted by atomic mass is 10.1. The Labute approximate surface area is 152 Å². The molecule has 1 saturated carbocycles. The van der Waals surface area contributed by atoms with E-state index in [1.807, 2.05) is 23.1 Å². The Kier molecular flexibility index (Phi) is 4.53.